The Morgan fingerprint density at radius 3 is 2.85 bits per heavy atom. The summed E-state index contributed by atoms with van der Waals surface area (Å²) in [6, 6.07) is 4.74. The zero-order valence-electron chi connectivity index (χ0n) is 8.29. The molecule has 3 heteroatoms. The van der Waals surface area contributed by atoms with Crippen molar-refractivity contribution in [1.29, 1.82) is 0 Å². The van der Waals surface area contributed by atoms with E-state index in [4.69, 9.17) is 5.73 Å². The molecule has 3 N–H and O–H groups in total. The van der Waals surface area contributed by atoms with Crippen LogP contribution < -0.4 is 11.1 Å². The molecule has 1 aromatic rings. The fraction of sp³-hybridized carbons (Fsp3) is 0.600. The molecule has 0 fully saturated rings. The summed E-state index contributed by atoms with van der Waals surface area (Å²) >= 11 is 1.80. The highest BCUT2D eigenvalue weighted by molar-refractivity contribution is 7.10. The van der Waals surface area contributed by atoms with Crippen LogP contribution in [0.2, 0.25) is 0 Å². The second kappa shape index (κ2) is 5.37. The van der Waals surface area contributed by atoms with Gasteiger partial charge in [0, 0.05) is 10.9 Å². The molecule has 1 rings (SSSR count). The smallest absolute Gasteiger partial charge is 0.0415 e. The van der Waals surface area contributed by atoms with E-state index in [1.54, 1.807) is 11.3 Å². The van der Waals surface area contributed by atoms with Crippen molar-refractivity contribution < 1.29 is 0 Å². The van der Waals surface area contributed by atoms with Crippen molar-refractivity contribution in [3.63, 3.8) is 0 Å². The molecule has 1 heterocycles. The Balaban J connectivity index is 2.53. The highest BCUT2D eigenvalue weighted by atomic mass is 32.1. The largest absolute Gasteiger partial charge is 0.330 e. The predicted octanol–water partition coefficient (Wildman–Crippen LogP) is 1.99. The average molecular weight is 198 g/mol. The van der Waals surface area contributed by atoms with E-state index in [2.05, 4.69) is 29.8 Å². The molecular weight excluding hydrogens is 180 g/mol. The minimum absolute atomic E-state index is 0.471. The van der Waals surface area contributed by atoms with Crippen molar-refractivity contribution in [2.45, 2.75) is 19.4 Å². The summed E-state index contributed by atoms with van der Waals surface area (Å²) in [6.07, 6.45) is 1.12. The molecule has 0 saturated carbocycles. The zero-order chi connectivity index (χ0) is 9.68. The van der Waals surface area contributed by atoms with Gasteiger partial charge < -0.3 is 11.1 Å². The first-order valence-electron chi connectivity index (χ1n) is 4.68. The van der Waals surface area contributed by atoms with Crippen LogP contribution in [-0.2, 0) is 0 Å². The van der Waals surface area contributed by atoms with Crippen LogP contribution in [-0.4, -0.2) is 13.6 Å². The molecule has 0 bridgehead atoms. The van der Waals surface area contributed by atoms with Crippen molar-refractivity contribution in [3.8, 4) is 0 Å². The first-order chi connectivity index (χ1) is 6.27. The topological polar surface area (TPSA) is 38.0 Å². The summed E-state index contributed by atoms with van der Waals surface area (Å²) in [4.78, 5) is 1.41. The quantitative estimate of drug-likeness (QED) is 0.759. The van der Waals surface area contributed by atoms with Gasteiger partial charge in [-0.25, -0.2) is 0 Å². The normalized spacial score (nSPS) is 15.6. The second-order valence-corrected chi connectivity index (χ2v) is 4.41. The molecule has 0 spiro atoms. The molecule has 13 heavy (non-hydrogen) atoms. The Morgan fingerprint density at radius 2 is 2.38 bits per heavy atom. The van der Waals surface area contributed by atoms with Gasteiger partial charge in [0.1, 0.15) is 0 Å². The highest BCUT2D eigenvalue weighted by Crippen LogP contribution is 2.24. The molecule has 2 atom stereocenters. The third-order valence-electron chi connectivity index (χ3n) is 2.28. The summed E-state index contributed by atoms with van der Waals surface area (Å²) in [7, 11) is 2.01. The summed E-state index contributed by atoms with van der Waals surface area (Å²) < 4.78 is 0. The first-order valence-corrected chi connectivity index (χ1v) is 5.56. The van der Waals surface area contributed by atoms with Crippen LogP contribution in [0.4, 0.5) is 0 Å². The SMILES string of the molecule is CNC(CC(C)CN)c1cccs1. The lowest BCUT2D eigenvalue weighted by molar-refractivity contribution is 0.442. The van der Waals surface area contributed by atoms with Crippen LogP contribution in [0.5, 0.6) is 0 Å². The van der Waals surface area contributed by atoms with E-state index >= 15 is 0 Å². The predicted molar refractivity (Wildman–Crippen MR) is 59.0 cm³/mol. The van der Waals surface area contributed by atoms with Gasteiger partial charge in [0.2, 0.25) is 0 Å². The van der Waals surface area contributed by atoms with Crippen LogP contribution >= 0.6 is 11.3 Å². The van der Waals surface area contributed by atoms with E-state index in [9.17, 15) is 0 Å². The van der Waals surface area contributed by atoms with Crippen molar-refractivity contribution in [3.05, 3.63) is 22.4 Å². The molecule has 0 aromatic carbocycles. The van der Waals surface area contributed by atoms with Crippen LogP contribution in [0.15, 0.2) is 17.5 Å². The molecule has 1 aromatic heterocycles. The molecule has 74 valence electrons. The lowest BCUT2D eigenvalue weighted by Crippen LogP contribution is -2.21. The molecule has 0 aliphatic carbocycles. The minimum atomic E-state index is 0.471. The van der Waals surface area contributed by atoms with E-state index in [0.717, 1.165) is 13.0 Å². The van der Waals surface area contributed by atoms with Crippen molar-refractivity contribution in [1.82, 2.24) is 5.32 Å². The number of nitrogens with one attached hydrogen (secondary N) is 1. The number of hydrogen-bond acceptors (Lipinski definition) is 3. The highest BCUT2D eigenvalue weighted by Gasteiger charge is 2.12. The summed E-state index contributed by atoms with van der Waals surface area (Å²) in [5, 5.41) is 5.44. The number of nitrogens with two attached hydrogens (primary N) is 1. The fourth-order valence-electron chi connectivity index (χ4n) is 1.36. The fourth-order valence-corrected chi connectivity index (χ4v) is 2.21. The van der Waals surface area contributed by atoms with E-state index < -0.39 is 0 Å². The van der Waals surface area contributed by atoms with E-state index in [1.807, 2.05) is 7.05 Å². The minimum Gasteiger partial charge on any atom is -0.330 e. The maximum atomic E-state index is 5.60. The molecule has 0 aliphatic rings. The van der Waals surface area contributed by atoms with E-state index in [-0.39, 0.29) is 0 Å². The van der Waals surface area contributed by atoms with E-state index in [0.29, 0.717) is 12.0 Å². The number of rotatable bonds is 5. The molecular formula is C10H18N2S. The van der Waals surface area contributed by atoms with Crippen LogP contribution in [0, 0.1) is 5.92 Å². The molecule has 0 aliphatic heterocycles. The molecule has 2 unspecified atom stereocenters. The van der Waals surface area contributed by atoms with Gasteiger partial charge in [-0.15, -0.1) is 11.3 Å². The summed E-state index contributed by atoms with van der Waals surface area (Å²) in [6.45, 7) is 2.96. The van der Waals surface area contributed by atoms with E-state index in [1.165, 1.54) is 4.88 Å². The van der Waals surface area contributed by atoms with Gasteiger partial charge in [-0.1, -0.05) is 13.0 Å². The van der Waals surface area contributed by atoms with Crippen molar-refractivity contribution >= 4 is 11.3 Å². The van der Waals surface area contributed by atoms with Gasteiger partial charge in [0.05, 0.1) is 0 Å². The maximum absolute atomic E-state index is 5.60. The third-order valence-corrected chi connectivity index (χ3v) is 3.26. The monoisotopic (exact) mass is 198 g/mol. The van der Waals surface area contributed by atoms with Crippen LogP contribution in [0.3, 0.4) is 0 Å². The van der Waals surface area contributed by atoms with Crippen LogP contribution in [0.1, 0.15) is 24.3 Å². The van der Waals surface area contributed by atoms with Gasteiger partial charge >= 0.3 is 0 Å². The maximum Gasteiger partial charge on any atom is 0.0415 e. The zero-order valence-corrected chi connectivity index (χ0v) is 9.10. The third kappa shape index (κ3) is 3.10. The molecule has 0 amide bonds. The Morgan fingerprint density at radius 1 is 1.62 bits per heavy atom. The van der Waals surface area contributed by atoms with Gasteiger partial charge in [0.25, 0.3) is 0 Å². The molecule has 2 nitrogen and oxygen atoms in total. The second-order valence-electron chi connectivity index (χ2n) is 3.43. The molecule has 0 saturated heterocycles. The first kappa shape index (κ1) is 10.7. The number of hydrogen-bond donors (Lipinski definition) is 2. The van der Waals surface area contributed by atoms with Crippen molar-refractivity contribution in [2.24, 2.45) is 11.7 Å². The Hall–Kier alpha value is -0.380. The lowest BCUT2D eigenvalue weighted by atomic mass is 10.0. The summed E-state index contributed by atoms with van der Waals surface area (Å²) in [5.74, 6) is 0.583. The van der Waals surface area contributed by atoms with Crippen molar-refractivity contribution in [2.75, 3.05) is 13.6 Å². The summed E-state index contributed by atoms with van der Waals surface area (Å²) in [5.41, 5.74) is 5.60. The van der Waals surface area contributed by atoms with Crippen LogP contribution in [0.25, 0.3) is 0 Å². The standard InChI is InChI=1S/C10H18N2S/c1-8(7-11)6-9(12-2)10-4-3-5-13-10/h3-5,8-9,12H,6-7,11H2,1-2H3. The Labute approximate surface area is 84.2 Å². The lowest BCUT2D eigenvalue weighted by Gasteiger charge is -2.18. The molecule has 0 radical (unpaired) electrons. The van der Waals surface area contributed by atoms with Gasteiger partial charge in [-0.3, -0.25) is 0 Å². The van der Waals surface area contributed by atoms with Gasteiger partial charge in [0.15, 0.2) is 0 Å². The Bertz CT molecular complexity index is 221. The Kier molecular flexibility index (Phi) is 4.42. The number of thiophene rings is 1. The van der Waals surface area contributed by atoms with Gasteiger partial charge in [-0.05, 0) is 37.4 Å². The average Bonchev–Trinajstić information content (AvgIpc) is 2.66. The van der Waals surface area contributed by atoms with Gasteiger partial charge in [-0.2, -0.15) is 0 Å².